The highest BCUT2D eigenvalue weighted by atomic mass is 16.5. The van der Waals surface area contributed by atoms with Crippen molar-refractivity contribution in [3.8, 4) is 11.1 Å². The van der Waals surface area contributed by atoms with E-state index in [9.17, 15) is 30.6 Å². The van der Waals surface area contributed by atoms with Gasteiger partial charge < -0.3 is 50.7 Å². The van der Waals surface area contributed by atoms with Crippen LogP contribution in [0.15, 0.2) is 48.5 Å². The maximum atomic E-state index is 9.97. The van der Waals surface area contributed by atoms with E-state index < -0.39 is 49.1 Å². The molecule has 0 bridgehead atoms. The van der Waals surface area contributed by atoms with Crippen LogP contribution in [-0.4, -0.2) is 92.9 Å². The first-order chi connectivity index (χ1) is 16.4. The van der Waals surface area contributed by atoms with Gasteiger partial charge >= 0.3 is 0 Å². The van der Waals surface area contributed by atoms with E-state index in [4.69, 9.17) is 9.47 Å². The lowest BCUT2D eigenvalue weighted by Gasteiger charge is -2.37. The molecule has 0 saturated carbocycles. The second kappa shape index (κ2) is 11.0. The Morgan fingerprint density at radius 1 is 0.618 bits per heavy atom. The normalized spacial score (nSPS) is 33.9. The minimum Gasteiger partial charge on any atom is -0.394 e. The fourth-order valence-electron chi connectivity index (χ4n) is 4.28. The third-order valence-corrected chi connectivity index (χ3v) is 6.26. The highest BCUT2D eigenvalue weighted by molar-refractivity contribution is 5.68. The van der Waals surface area contributed by atoms with Gasteiger partial charge in [-0.15, -0.1) is 0 Å². The van der Waals surface area contributed by atoms with E-state index in [-0.39, 0.29) is 26.1 Å². The van der Waals surface area contributed by atoms with Gasteiger partial charge in [0.2, 0.25) is 0 Å². The standard InChI is InChI=1S/C24H32N2O8/c27-11-19-23(31)17(29)9-21(33-19)25-15-5-1-13(2-6-15)14-3-7-16(8-4-14)26-22-10-18(30)24(32)20(12-28)34-22/h1-8,17-32H,9-12H2/t17-,18-,19-,20-,21-,22-,23-,24-/m0/s1. The monoisotopic (exact) mass is 476 g/mol. The van der Waals surface area contributed by atoms with E-state index >= 15 is 0 Å². The maximum Gasteiger partial charge on any atom is 0.130 e. The molecule has 2 aromatic carbocycles. The molecule has 2 aromatic rings. The lowest BCUT2D eigenvalue weighted by atomic mass is 10.0. The van der Waals surface area contributed by atoms with Crippen molar-refractivity contribution in [3.63, 3.8) is 0 Å². The van der Waals surface area contributed by atoms with Crippen LogP contribution in [0.25, 0.3) is 11.1 Å². The van der Waals surface area contributed by atoms with Gasteiger partial charge in [-0.05, 0) is 35.4 Å². The summed E-state index contributed by atoms with van der Waals surface area (Å²) in [5.41, 5.74) is 3.53. The van der Waals surface area contributed by atoms with Crippen LogP contribution in [0.2, 0.25) is 0 Å². The van der Waals surface area contributed by atoms with E-state index in [1.807, 2.05) is 48.5 Å². The summed E-state index contributed by atoms with van der Waals surface area (Å²) >= 11 is 0. The Morgan fingerprint density at radius 3 is 1.29 bits per heavy atom. The number of hydrogen-bond acceptors (Lipinski definition) is 10. The van der Waals surface area contributed by atoms with Crippen LogP contribution in [0.5, 0.6) is 0 Å². The summed E-state index contributed by atoms with van der Waals surface area (Å²) in [6.45, 7) is -0.755. The summed E-state index contributed by atoms with van der Waals surface area (Å²) in [7, 11) is 0. The van der Waals surface area contributed by atoms with Crippen molar-refractivity contribution in [1.82, 2.24) is 0 Å². The molecule has 8 atom stereocenters. The number of rotatable bonds is 7. The predicted octanol–water partition coefficient (Wildman–Crippen LogP) is -0.164. The van der Waals surface area contributed by atoms with Gasteiger partial charge in [0, 0.05) is 24.2 Å². The predicted molar refractivity (Wildman–Crippen MR) is 124 cm³/mol. The van der Waals surface area contributed by atoms with Crippen LogP contribution in [0.4, 0.5) is 11.4 Å². The molecule has 186 valence electrons. The second-order valence-corrected chi connectivity index (χ2v) is 8.72. The van der Waals surface area contributed by atoms with Gasteiger partial charge in [-0.3, -0.25) is 0 Å². The summed E-state index contributed by atoms with van der Waals surface area (Å²) in [5, 5.41) is 64.6. The fraction of sp³-hybridized carbons (Fsp3) is 0.500. The van der Waals surface area contributed by atoms with E-state index in [0.29, 0.717) is 0 Å². The third kappa shape index (κ3) is 5.68. The molecule has 4 rings (SSSR count). The highest BCUT2D eigenvalue weighted by Gasteiger charge is 2.37. The maximum absolute atomic E-state index is 9.97. The SMILES string of the molecule is OC[C@@H]1O[C@H](Nc2ccc(-c3ccc(N[C@@H]4C[C@H](O)[C@H](O)[C@H](CO)O4)cc3)cc2)C[C@H](O)[C@@H]1O. The number of ether oxygens (including phenoxy) is 2. The van der Waals surface area contributed by atoms with Crippen LogP contribution in [-0.2, 0) is 9.47 Å². The zero-order valence-corrected chi connectivity index (χ0v) is 18.6. The summed E-state index contributed by atoms with van der Waals surface area (Å²) in [6.07, 6.45) is -6.50. The van der Waals surface area contributed by atoms with E-state index in [1.54, 1.807) is 0 Å². The molecule has 0 radical (unpaired) electrons. The fourth-order valence-corrected chi connectivity index (χ4v) is 4.28. The number of benzene rings is 2. The molecule has 0 aromatic heterocycles. The second-order valence-electron chi connectivity index (χ2n) is 8.72. The molecule has 10 nitrogen and oxygen atoms in total. The van der Waals surface area contributed by atoms with Crippen molar-refractivity contribution in [2.45, 2.75) is 61.9 Å². The molecule has 8 N–H and O–H groups in total. The number of nitrogens with one attached hydrogen (secondary N) is 2. The van der Waals surface area contributed by atoms with Crippen molar-refractivity contribution < 1.29 is 40.1 Å². The van der Waals surface area contributed by atoms with Crippen molar-refractivity contribution in [1.29, 1.82) is 0 Å². The van der Waals surface area contributed by atoms with Crippen LogP contribution >= 0.6 is 0 Å². The number of aliphatic hydroxyl groups is 6. The molecular weight excluding hydrogens is 444 g/mol. The van der Waals surface area contributed by atoms with Gasteiger partial charge in [-0.25, -0.2) is 0 Å². The molecular formula is C24H32N2O8. The molecule has 2 aliphatic rings. The molecule has 0 amide bonds. The lowest BCUT2D eigenvalue weighted by molar-refractivity contribution is -0.172. The van der Waals surface area contributed by atoms with E-state index in [2.05, 4.69) is 10.6 Å². The van der Waals surface area contributed by atoms with Gasteiger partial charge in [0.25, 0.3) is 0 Å². The Labute approximate surface area is 197 Å². The van der Waals surface area contributed by atoms with Gasteiger partial charge in [-0.2, -0.15) is 0 Å². The van der Waals surface area contributed by atoms with E-state index in [1.165, 1.54) is 0 Å². The van der Waals surface area contributed by atoms with Crippen molar-refractivity contribution >= 4 is 11.4 Å². The molecule has 10 heteroatoms. The average Bonchev–Trinajstić information content (AvgIpc) is 2.84. The Morgan fingerprint density at radius 2 is 0.971 bits per heavy atom. The first-order valence-corrected chi connectivity index (χ1v) is 11.4. The van der Waals surface area contributed by atoms with Gasteiger partial charge in [0.15, 0.2) is 0 Å². The molecule has 0 aliphatic carbocycles. The summed E-state index contributed by atoms with van der Waals surface area (Å²) in [4.78, 5) is 0. The van der Waals surface area contributed by atoms with Crippen LogP contribution in [0, 0.1) is 0 Å². The van der Waals surface area contributed by atoms with Crippen molar-refractivity contribution in [3.05, 3.63) is 48.5 Å². The molecule has 2 fully saturated rings. The van der Waals surface area contributed by atoms with Gasteiger partial charge in [-0.1, -0.05) is 24.3 Å². The minimum atomic E-state index is -1.11. The first-order valence-electron chi connectivity index (χ1n) is 11.4. The molecule has 2 heterocycles. The van der Waals surface area contributed by atoms with Gasteiger partial charge in [0.05, 0.1) is 25.4 Å². The van der Waals surface area contributed by atoms with E-state index in [0.717, 1.165) is 22.5 Å². The van der Waals surface area contributed by atoms with Crippen molar-refractivity contribution in [2.24, 2.45) is 0 Å². The Bertz CT molecular complexity index is 837. The minimum absolute atomic E-state index is 0.202. The summed E-state index contributed by atoms with van der Waals surface area (Å²) in [6, 6.07) is 15.3. The lowest BCUT2D eigenvalue weighted by Crippen LogP contribution is -2.51. The number of hydrogen-bond donors (Lipinski definition) is 8. The molecule has 2 saturated heterocycles. The van der Waals surface area contributed by atoms with Crippen LogP contribution in [0.1, 0.15) is 12.8 Å². The zero-order valence-electron chi connectivity index (χ0n) is 18.6. The molecule has 0 unspecified atom stereocenters. The average molecular weight is 477 g/mol. The Balaban J connectivity index is 1.34. The first kappa shape index (κ1) is 24.8. The zero-order chi connectivity index (χ0) is 24.2. The van der Waals surface area contributed by atoms with Crippen LogP contribution < -0.4 is 10.6 Å². The molecule has 2 aliphatic heterocycles. The Kier molecular flexibility index (Phi) is 8.02. The number of aliphatic hydroxyl groups excluding tert-OH is 6. The third-order valence-electron chi connectivity index (χ3n) is 6.26. The summed E-state index contributed by atoms with van der Waals surface area (Å²) in [5.74, 6) is 0. The largest absolute Gasteiger partial charge is 0.394 e. The van der Waals surface area contributed by atoms with Crippen LogP contribution in [0.3, 0.4) is 0 Å². The highest BCUT2D eigenvalue weighted by Crippen LogP contribution is 2.27. The Hall–Kier alpha value is -2.28. The topological polar surface area (TPSA) is 164 Å². The van der Waals surface area contributed by atoms with Crippen molar-refractivity contribution in [2.75, 3.05) is 23.8 Å². The number of anilines is 2. The molecule has 0 spiro atoms. The molecule has 34 heavy (non-hydrogen) atoms. The smallest absolute Gasteiger partial charge is 0.130 e. The summed E-state index contributed by atoms with van der Waals surface area (Å²) < 4.78 is 11.2. The quantitative estimate of drug-likeness (QED) is 0.269. The van der Waals surface area contributed by atoms with Gasteiger partial charge in [0.1, 0.15) is 36.9 Å².